The van der Waals surface area contributed by atoms with E-state index in [1.807, 2.05) is 6.07 Å². The minimum Gasteiger partial charge on any atom is -0.504 e. The smallest absolute Gasteiger partial charge is 0.161 e. The van der Waals surface area contributed by atoms with E-state index in [-0.39, 0.29) is 23.7 Å². The molecule has 1 aromatic carbocycles. The molecule has 0 radical (unpaired) electrons. The molecule has 2 aliphatic rings. The first-order valence-corrected chi connectivity index (χ1v) is 7.58. The number of ether oxygens (including phenoxy) is 1. The van der Waals surface area contributed by atoms with Crippen molar-refractivity contribution in [3.63, 3.8) is 0 Å². The molecular weight excluding hydrogens is 254 g/mol. The quantitative estimate of drug-likeness (QED) is 0.742. The Morgan fingerprint density at radius 3 is 2.65 bits per heavy atom. The zero-order chi connectivity index (χ0) is 14.1. The maximum Gasteiger partial charge on any atom is 0.161 e. The SMILES string of the molecule is NC[C@@H]1OC(CC2CCCC2)Cc2c1ccc(O)c2O. The highest BCUT2D eigenvalue weighted by Crippen LogP contribution is 2.41. The van der Waals surface area contributed by atoms with Crippen LogP contribution in [-0.4, -0.2) is 22.9 Å². The maximum absolute atomic E-state index is 10.1. The molecule has 3 rings (SSSR count). The van der Waals surface area contributed by atoms with E-state index in [0.717, 1.165) is 23.5 Å². The summed E-state index contributed by atoms with van der Waals surface area (Å²) in [6, 6.07) is 3.32. The topological polar surface area (TPSA) is 75.7 Å². The normalized spacial score (nSPS) is 26.6. The van der Waals surface area contributed by atoms with Crippen LogP contribution < -0.4 is 5.73 Å². The van der Waals surface area contributed by atoms with Crippen LogP contribution in [0.15, 0.2) is 12.1 Å². The molecule has 20 heavy (non-hydrogen) atoms. The third kappa shape index (κ3) is 2.50. The molecule has 4 nitrogen and oxygen atoms in total. The maximum atomic E-state index is 10.1. The highest BCUT2D eigenvalue weighted by atomic mass is 16.5. The molecule has 0 amide bonds. The molecule has 1 heterocycles. The average Bonchev–Trinajstić information content (AvgIpc) is 2.95. The predicted octanol–water partition coefficient (Wildman–Crippen LogP) is 2.62. The summed E-state index contributed by atoms with van der Waals surface area (Å²) in [6.07, 6.45) is 6.84. The Kier molecular flexibility index (Phi) is 3.85. The van der Waals surface area contributed by atoms with Crippen molar-refractivity contribution in [3.8, 4) is 11.5 Å². The minimum absolute atomic E-state index is 0.000622. The van der Waals surface area contributed by atoms with Crippen LogP contribution in [0, 0.1) is 5.92 Å². The van der Waals surface area contributed by atoms with E-state index < -0.39 is 0 Å². The van der Waals surface area contributed by atoms with Gasteiger partial charge in [0.1, 0.15) is 0 Å². The molecule has 1 fully saturated rings. The van der Waals surface area contributed by atoms with Crippen molar-refractivity contribution in [3.05, 3.63) is 23.3 Å². The van der Waals surface area contributed by atoms with Crippen molar-refractivity contribution < 1.29 is 14.9 Å². The third-order valence-electron chi connectivity index (χ3n) is 4.72. The Balaban J connectivity index is 1.82. The van der Waals surface area contributed by atoms with Crippen molar-refractivity contribution in [2.45, 2.75) is 50.7 Å². The molecule has 0 aromatic heterocycles. The molecular formula is C16H23NO3. The van der Waals surface area contributed by atoms with Crippen molar-refractivity contribution >= 4 is 0 Å². The van der Waals surface area contributed by atoms with Gasteiger partial charge in [0.15, 0.2) is 11.5 Å². The van der Waals surface area contributed by atoms with E-state index in [2.05, 4.69) is 0 Å². The Hall–Kier alpha value is -1.26. The van der Waals surface area contributed by atoms with E-state index in [0.29, 0.717) is 13.0 Å². The van der Waals surface area contributed by atoms with Gasteiger partial charge in [0.2, 0.25) is 0 Å². The first-order chi connectivity index (χ1) is 9.69. The van der Waals surface area contributed by atoms with Gasteiger partial charge in [0.05, 0.1) is 12.2 Å². The van der Waals surface area contributed by atoms with E-state index >= 15 is 0 Å². The molecule has 110 valence electrons. The van der Waals surface area contributed by atoms with Crippen LogP contribution in [0.2, 0.25) is 0 Å². The summed E-state index contributed by atoms with van der Waals surface area (Å²) in [6.45, 7) is 0.401. The third-order valence-corrected chi connectivity index (χ3v) is 4.72. The van der Waals surface area contributed by atoms with Crippen LogP contribution in [0.5, 0.6) is 11.5 Å². The standard InChI is InChI=1S/C16H23NO3/c17-9-15-12-5-6-14(18)16(19)13(12)8-11(20-15)7-10-3-1-2-4-10/h5-6,10-11,15,18-19H,1-4,7-9,17H2/t11?,15-/m0/s1. The lowest BCUT2D eigenvalue weighted by Gasteiger charge is -2.33. The fourth-order valence-electron chi connectivity index (χ4n) is 3.68. The number of phenols is 2. The minimum atomic E-state index is -0.170. The summed E-state index contributed by atoms with van der Waals surface area (Å²) < 4.78 is 6.10. The zero-order valence-corrected chi connectivity index (χ0v) is 11.7. The van der Waals surface area contributed by atoms with E-state index in [9.17, 15) is 10.2 Å². The van der Waals surface area contributed by atoms with Gasteiger partial charge >= 0.3 is 0 Å². The Bertz CT molecular complexity index is 483. The van der Waals surface area contributed by atoms with Crippen LogP contribution in [-0.2, 0) is 11.2 Å². The number of aromatic hydroxyl groups is 2. The van der Waals surface area contributed by atoms with Crippen LogP contribution in [0.4, 0.5) is 0 Å². The number of nitrogens with two attached hydrogens (primary N) is 1. The van der Waals surface area contributed by atoms with Crippen molar-refractivity contribution in [2.24, 2.45) is 11.7 Å². The lowest BCUT2D eigenvalue weighted by Crippen LogP contribution is -2.31. The van der Waals surface area contributed by atoms with Crippen LogP contribution in [0.3, 0.4) is 0 Å². The molecule has 4 heteroatoms. The molecule has 2 atom stereocenters. The van der Waals surface area contributed by atoms with Crippen molar-refractivity contribution in [2.75, 3.05) is 6.54 Å². The summed E-state index contributed by atoms with van der Waals surface area (Å²) in [5.41, 5.74) is 7.54. The lowest BCUT2D eigenvalue weighted by atomic mass is 9.88. The highest BCUT2D eigenvalue weighted by molar-refractivity contribution is 5.50. The Morgan fingerprint density at radius 2 is 1.95 bits per heavy atom. The second kappa shape index (κ2) is 5.62. The first-order valence-electron chi connectivity index (χ1n) is 7.58. The average molecular weight is 277 g/mol. The summed E-state index contributed by atoms with van der Waals surface area (Å²) in [4.78, 5) is 0. The second-order valence-electron chi connectivity index (χ2n) is 6.07. The molecule has 0 spiro atoms. The van der Waals surface area contributed by atoms with Gasteiger partial charge in [-0.1, -0.05) is 31.7 Å². The number of rotatable bonds is 3. The van der Waals surface area contributed by atoms with Crippen molar-refractivity contribution in [1.82, 2.24) is 0 Å². The van der Waals surface area contributed by atoms with E-state index in [1.165, 1.54) is 31.7 Å². The highest BCUT2D eigenvalue weighted by Gasteiger charge is 2.31. The van der Waals surface area contributed by atoms with E-state index in [4.69, 9.17) is 10.5 Å². The van der Waals surface area contributed by atoms with Crippen molar-refractivity contribution in [1.29, 1.82) is 0 Å². The zero-order valence-electron chi connectivity index (χ0n) is 11.7. The monoisotopic (exact) mass is 277 g/mol. The number of hydrogen-bond donors (Lipinski definition) is 3. The molecule has 0 bridgehead atoms. The summed E-state index contributed by atoms with van der Waals surface area (Å²) in [5, 5.41) is 19.8. The molecule has 4 N–H and O–H groups in total. The molecule has 1 unspecified atom stereocenters. The van der Waals surface area contributed by atoms with Crippen LogP contribution in [0.25, 0.3) is 0 Å². The molecule has 0 saturated heterocycles. The largest absolute Gasteiger partial charge is 0.504 e. The summed E-state index contributed by atoms with van der Waals surface area (Å²) in [5.74, 6) is 0.682. The Morgan fingerprint density at radius 1 is 1.20 bits per heavy atom. The Labute approximate surface area is 119 Å². The van der Waals surface area contributed by atoms with Gasteiger partial charge in [-0.3, -0.25) is 0 Å². The molecule has 1 aliphatic heterocycles. The second-order valence-corrected chi connectivity index (χ2v) is 6.07. The van der Waals surface area contributed by atoms with Crippen LogP contribution in [0.1, 0.15) is 49.3 Å². The van der Waals surface area contributed by atoms with Gasteiger partial charge in [-0.15, -0.1) is 0 Å². The number of hydrogen-bond acceptors (Lipinski definition) is 4. The van der Waals surface area contributed by atoms with Gasteiger partial charge in [-0.2, -0.15) is 0 Å². The number of fused-ring (bicyclic) bond motifs is 1. The summed E-state index contributed by atoms with van der Waals surface area (Å²) in [7, 11) is 0. The van der Waals surface area contributed by atoms with Gasteiger partial charge in [0.25, 0.3) is 0 Å². The molecule has 1 aromatic rings. The fraction of sp³-hybridized carbons (Fsp3) is 0.625. The number of phenolic OH excluding ortho intramolecular Hbond substituents is 2. The number of benzene rings is 1. The summed E-state index contributed by atoms with van der Waals surface area (Å²) >= 11 is 0. The van der Waals surface area contributed by atoms with Gasteiger partial charge in [0, 0.05) is 18.5 Å². The molecule has 1 saturated carbocycles. The van der Waals surface area contributed by atoms with Gasteiger partial charge in [-0.25, -0.2) is 0 Å². The van der Waals surface area contributed by atoms with Crippen LogP contribution >= 0.6 is 0 Å². The van der Waals surface area contributed by atoms with E-state index in [1.54, 1.807) is 0 Å². The first kappa shape index (κ1) is 13.7. The fourth-order valence-corrected chi connectivity index (χ4v) is 3.68. The predicted molar refractivity (Wildman–Crippen MR) is 76.7 cm³/mol. The van der Waals surface area contributed by atoms with Gasteiger partial charge in [-0.05, 0) is 24.0 Å². The lowest BCUT2D eigenvalue weighted by molar-refractivity contribution is -0.0325. The van der Waals surface area contributed by atoms with Gasteiger partial charge < -0.3 is 20.7 Å². The molecule has 1 aliphatic carbocycles.